The average Bonchev–Trinajstić information content (AvgIpc) is 2.72. The van der Waals surface area contributed by atoms with Crippen LogP contribution in [-0.4, -0.2) is 31.1 Å². The molecule has 0 atom stereocenters. The Morgan fingerprint density at radius 1 is 1.42 bits per heavy atom. The predicted molar refractivity (Wildman–Crippen MR) is 80.4 cm³/mol. The molecule has 0 amide bonds. The molecule has 0 radical (unpaired) electrons. The van der Waals surface area contributed by atoms with Gasteiger partial charge in [-0.1, -0.05) is 11.8 Å². The van der Waals surface area contributed by atoms with Gasteiger partial charge in [0, 0.05) is 29.4 Å². The van der Waals surface area contributed by atoms with Gasteiger partial charge in [0.1, 0.15) is 0 Å². The first-order valence-corrected chi connectivity index (χ1v) is 8.22. The van der Waals surface area contributed by atoms with E-state index in [-0.39, 0.29) is 0 Å². The monoisotopic (exact) mass is 300 g/mol. The summed E-state index contributed by atoms with van der Waals surface area (Å²) in [6.07, 6.45) is 0. The van der Waals surface area contributed by atoms with Crippen LogP contribution in [0, 0.1) is 11.8 Å². The number of nitrogens with two attached hydrogens (primary N) is 1. The van der Waals surface area contributed by atoms with Crippen molar-refractivity contribution >= 4 is 21.4 Å². The molecule has 0 bridgehead atoms. The largest absolute Gasteiger partial charge is 0.320 e. The van der Waals surface area contributed by atoms with Crippen molar-refractivity contribution in [1.82, 2.24) is 4.31 Å². The van der Waals surface area contributed by atoms with Crippen molar-refractivity contribution in [3.8, 4) is 11.8 Å². The van der Waals surface area contributed by atoms with Gasteiger partial charge in [-0.25, -0.2) is 8.42 Å². The highest BCUT2D eigenvalue weighted by molar-refractivity contribution is 7.90. The Morgan fingerprint density at radius 3 is 2.58 bits per heavy atom. The van der Waals surface area contributed by atoms with Crippen molar-refractivity contribution in [2.75, 3.05) is 13.6 Å². The molecule has 0 saturated heterocycles. The topological polar surface area (TPSA) is 63.4 Å². The van der Waals surface area contributed by atoms with Gasteiger partial charge in [0.25, 0.3) is 0 Å². The van der Waals surface area contributed by atoms with E-state index in [2.05, 4.69) is 11.8 Å². The van der Waals surface area contributed by atoms with E-state index in [1.807, 2.05) is 11.4 Å². The molecule has 1 aromatic heterocycles. The van der Waals surface area contributed by atoms with E-state index in [0.717, 1.165) is 10.4 Å². The average molecular weight is 300 g/mol. The SMILES string of the molecule is CN(Cc1cc(C#CCN)cs1)S(=O)(=O)C(C)(C)C. The molecule has 0 spiro atoms. The highest BCUT2D eigenvalue weighted by Gasteiger charge is 2.33. The van der Waals surface area contributed by atoms with E-state index < -0.39 is 14.8 Å². The zero-order valence-electron chi connectivity index (χ0n) is 11.7. The number of hydrogen-bond donors (Lipinski definition) is 1. The van der Waals surface area contributed by atoms with Crippen LogP contribution in [0.25, 0.3) is 0 Å². The van der Waals surface area contributed by atoms with Crippen molar-refractivity contribution in [2.45, 2.75) is 32.1 Å². The summed E-state index contributed by atoms with van der Waals surface area (Å²) in [6, 6.07) is 1.90. The molecule has 1 aromatic rings. The highest BCUT2D eigenvalue weighted by atomic mass is 32.2. The van der Waals surface area contributed by atoms with Gasteiger partial charge in [0.2, 0.25) is 10.0 Å². The lowest BCUT2D eigenvalue weighted by atomic mass is 10.3. The van der Waals surface area contributed by atoms with Gasteiger partial charge in [-0.15, -0.1) is 11.3 Å². The molecule has 6 heteroatoms. The first-order chi connectivity index (χ1) is 8.68. The van der Waals surface area contributed by atoms with Crippen molar-refractivity contribution < 1.29 is 8.42 Å². The Balaban J connectivity index is 2.84. The molecule has 19 heavy (non-hydrogen) atoms. The first-order valence-electron chi connectivity index (χ1n) is 5.90. The van der Waals surface area contributed by atoms with E-state index in [9.17, 15) is 8.42 Å². The molecule has 0 aliphatic heterocycles. The summed E-state index contributed by atoms with van der Waals surface area (Å²) in [5.41, 5.74) is 6.19. The van der Waals surface area contributed by atoms with Crippen LogP contribution < -0.4 is 5.73 Å². The molecule has 0 aromatic carbocycles. The fraction of sp³-hybridized carbons (Fsp3) is 0.538. The molecular formula is C13H20N2O2S2. The fourth-order valence-corrected chi connectivity index (χ4v) is 3.65. The third-order valence-corrected chi connectivity index (χ3v) is 5.97. The summed E-state index contributed by atoms with van der Waals surface area (Å²) >= 11 is 1.51. The summed E-state index contributed by atoms with van der Waals surface area (Å²) in [5.74, 6) is 5.71. The summed E-state index contributed by atoms with van der Waals surface area (Å²) in [4.78, 5) is 0.969. The summed E-state index contributed by atoms with van der Waals surface area (Å²) in [6.45, 7) is 5.79. The predicted octanol–water partition coefficient (Wildman–Crippen LogP) is 1.62. The highest BCUT2D eigenvalue weighted by Crippen LogP contribution is 2.23. The van der Waals surface area contributed by atoms with Crippen LogP contribution in [0.15, 0.2) is 11.4 Å². The molecule has 0 saturated carbocycles. The third kappa shape index (κ3) is 4.05. The van der Waals surface area contributed by atoms with E-state index >= 15 is 0 Å². The fourth-order valence-electron chi connectivity index (χ4n) is 1.45. The minimum atomic E-state index is -3.30. The molecule has 0 aliphatic carbocycles. The Hall–Kier alpha value is -0.870. The van der Waals surface area contributed by atoms with Gasteiger partial charge < -0.3 is 5.73 Å². The molecule has 2 N–H and O–H groups in total. The van der Waals surface area contributed by atoms with Gasteiger partial charge in [-0.3, -0.25) is 0 Å². The Morgan fingerprint density at radius 2 is 2.05 bits per heavy atom. The molecule has 4 nitrogen and oxygen atoms in total. The normalized spacial score (nSPS) is 12.3. The Labute approximate surface area is 119 Å². The van der Waals surface area contributed by atoms with Crippen LogP contribution in [0.3, 0.4) is 0 Å². The zero-order valence-corrected chi connectivity index (χ0v) is 13.4. The smallest absolute Gasteiger partial charge is 0.219 e. The number of thiophene rings is 1. The second-order valence-electron chi connectivity index (χ2n) is 5.18. The van der Waals surface area contributed by atoms with Crippen LogP contribution in [0.2, 0.25) is 0 Å². The second-order valence-corrected chi connectivity index (χ2v) is 8.98. The standard InChI is InChI=1S/C13H20N2O2S2/c1-13(2,3)19(16,17)15(4)9-12-8-11(10-18-12)6-5-7-14/h8,10H,7,9,14H2,1-4H3. The molecule has 106 valence electrons. The minimum Gasteiger partial charge on any atom is -0.320 e. The van der Waals surface area contributed by atoms with Crippen molar-refractivity contribution in [3.05, 3.63) is 21.9 Å². The van der Waals surface area contributed by atoms with Crippen molar-refractivity contribution in [1.29, 1.82) is 0 Å². The van der Waals surface area contributed by atoms with E-state index in [1.54, 1.807) is 27.8 Å². The van der Waals surface area contributed by atoms with Gasteiger partial charge in [-0.2, -0.15) is 4.31 Å². The van der Waals surface area contributed by atoms with Gasteiger partial charge in [0.05, 0.1) is 11.3 Å². The van der Waals surface area contributed by atoms with Crippen molar-refractivity contribution in [3.63, 3.8) is 0 Å². The maximum atomic E-state index is 12.2. The zero-order chi connectivity index (χ0) is 14.7. The molecule has 0 fully saturated rings. The van der Waals surface area contributed by atoms with Crippen LogP contribution >= 0.6 is 11.3 Å². The molecule has 0 aliphatic rings. The lowest BCUT2D eigenvalue weighted by Gasteiger charge is -2.26. The number of rotatable bonds is 3. The summed E-state index contributed by atoms with van der Waals surface area (Å²) in [5, 5.41) is 1.91. The van der Waals surface area contributed by atoms with Crippen LogP contribution in [0.5, 0.6) is 0 Å². The number of sulfonamides is 1. The van der Waals surface area contributed by atoms with Crippen LogP contribution in [0.1, 0.15) is 31.2 Å². The number of hydrogen-bond acceptors (Lipinski definition) is 4. The molecule has 0 unspecified atom stereocenters. The second kappa shape index (κ2) is 6.06. The third-order valence-electron chi connectivity index (χ3n) is 2.55. The molecule has 1 heterocycles. The summed E-state index contributed by atoms with van der Waals surface area (Å²) in [7, 11) is -1.70. The van der Waals surface area contributed by atoms with Gasteiger partial charge >= 0.3 is 0 Å². The summed E-state index contributed by atoms with van der Waals surface area (Å²) < 4.78 is 25.0. The first kappa shape index (κ1) is 16.2. The van der Waals surface area contributed by atoms with E-state index in [0.29, 0.717) is 13.1 Å². The maximum Gasteiger partial charge on any atom is 0.219 e. The van der Waals surface area contributed by atoms with Gasteiger partial charge in [0.15, 0.2) is 0 Å². The van der Waals surface area contributed by atoms with Crippen molar-refractivity contribution in [2.24, 2.45) is 5.73 Å². The number of nitrogens with zero attached hydrogens (tertiary/aromatic N) is 1. The molecular weight excluding hydrogens is 280 g/mol. The Bertz CT molecular complexity index is 586. The van der Waals surface area contributed by atoms with E-state index in [1.165, 1.54) is 15.6 Å². The lowest BCUT2D eigenvalue weighted by Crippen LogP contribution is -2.40. The van der Waals surface area contributed by atoms with Crippen LogP contribution in [0.4, 0.5) is 0 Å². The van der Waals surface area contributed by atoms with E-state index in [4.69, 9.17) is 5.73 Å². The van der Waals surface area contributed by atoms with Gasteiger partial charge in [-0.05, 0) is 26.8 Å². The van der Waals surface area contributed by atoms with Crippen LogP contribution in [-0.2, 0) is 16.6 Å². The Kier molecular flexibility index (Phi) is 5.16. The quantitative estimate of drug-likeness (QED) is 0.863. The molecule has 1 rings (SSSR count). The lowest BCUT2D eigenvalue weighted by molar-refractivity contribution is 0.444. The minimum absolute atomic E-state index is 0.323. The maximum absolute atomic E-state index is 12.2.